The van der Waals surface area contributed by atoms with Crippen molar-refractivity contribution >= 4 is 11.3 Å². The van der Waals surface area contributed by atoms with Gasteiger partial charge in [0.15, 0.2) is 0 Å². The molecule has 0 amide bonds. The van der Waals surface area contributed by atoms with Crippen LogP contribution in [0.2, 0.25) is 0 Å². The van der Waals surface area contributed by atoms with Gasteiger partial charge in [0, 0.05) is 48.4 Å². The van der Waals surface area contributed by atoms with Gasteiger partial charge in [-0.05, 0) is 25.8 Å². The first-order chi connectivity index (χ1) is 12.7. The molecule has 0 saturated carbocycles. The zero-order valence-electron chi connectivity index (χ0n) is 15.2. The predicted molar refractivity (Wildman–Crippen MR) is 94.2 cm³/mol. The molecule has 27 heavy (non-hydrogen) atoms. The van der Waals surface area contributed by atoms with Gasteiger partial charge in [-0.3, -0.25) is 9.58 Å². The summed E-state index contributed by atoms with van der Waals surface area (Å²) in [4.78, 5) is 2.04. The van der Waals surface area contributed by atoms with Crippen molar-refractivity contribution in [3.8, 4) is 0 Å². The number of alkyl halides is 3. The number of nitrogens with zero attached hydrogens (tertiary/aromatic N) is 3. The number of thiophene rings is 1. The van der Waals surface area contributed by atoms with Gasteiger partial charge in [-0.15, -0.1) is 11.3 Å². The second-order valence-corrected chi connectivity index (χ2v) is 8.59. The van der Waals surface area contributed by atoms with Crippen molar-refractivity contribution < 1.29 is 23.0 Å². The Hall–Kier alpha value is -1.42. The van der Waals surface area contributed by atoms with E-state index in [1.165, 1.54) is 6.07 Å². The fourth-order valence-corrected chi connectivity index (χ4v) is 5.28. The molecule has 5 nitrogen and oxygen atoms in total. The van der Waals surface area contributed by atoms with Crippen molar-refractivity contribution in [3.63, 3.8) is 0 Å². The highest BCUT2D eigenvalue weighted by Gasteiger charge is 2.48. The first kappa shape index (κ1) is 18.9. The van der Waals surface area contributed by atoms with E-state index in [0.29, 0.717) is 41.2 Å². The van der Waals surface area contributed by atoms with Gasteiger partial charge in [-0.1, -0.05) is 0 Å². The lowest BCUT2D eigenvalue weighted by Crippen LogP contribution is -2.50. The number of aliphatic hydroxyl groups is 1. The molecule has 2 aromatic rings. The molecule has 1 N–H and O–H groups in total. The minimum atomic E-state index is -4.41. The smallest absolute Gasteiger partial charge is 0.385 e. The van der Waals surface area contributed by atoms with E-state index >= 15 is 0 Å². The first-order valence-electron chi connectivity index (χ1n) is 8.93. The van der Waals surface area contributed by atoms with Crippen molar-refractivity contribution in [2.24, 2.45) is 7.05 Å². The Morgan fingerprint density at radius 2 is 2.22 bits per heavy atom. The molecular weight excluding hydrogens is 379 g/mol. The zero-order valence-corrected chi connectivity index (χ0v) is 16.0. The van der Waals surface area contributed by atoms with Crippen LogP contribution in [0.3, 0.4) is 0 Å². The second-order valence-electron chi connectivity index (χ2n) is 7.50. The lowest BCUT2D eigenvalue weighted by atomic mass is 9.79. The summed E-state index contributed by atoms with van der Waals surface area (Å²) in [6.45, 7) is 3.57. The van der Waals surface area contributed by atoms with Crippen LogP contribution in [0.4, 0.5) is 13.2 Å². The SMILES string of the molecule is CC1CC2(CCN1Cc1cnn(C)c1)OCC(O)c1sc(C(F)(F)F)cc12. The number of likely N-dealkylation sites (tertiary alicyclic amines) is 1. The van der Waals surface area contributed by atoms with Gasteiger partial charge in [-0.2, -0.15) is 18.3 Å². The molecule has 0 aliphatic carbocycles. The monoisotopic (exact) mass is 401 g/mol. The molecule has 1 saturated heterocycles. The molecule has 2 aliphatic heterocycles. The maximum absolute atomic E-state index is 13.2. The van der Waals surface area contributed by atoms with Crippen molar-refractivity contribution in [1.82, 2.24) is 14.7 Å². The van der Waals surface area contributed by atoms with E-state index in [9.17, 15) is 18.3 Å². The summed E-state index contributed by atoms with van der Waals surface area (Å²) in [5, 5.41) is 14.4. The molecule has 148 valence electrons. The summed E-state index contributed by atoms with van der Waals surface area (Å²) < 4.78 is 47.4. The quantitative estimate of drug-likeness (QED) is 0.838. The van der Waals surface area contributed by atoms with E-state index in [-0.39, 0.29) is 12.6 Å². The van der Waals surface area contributed by atoms with Gasteiger partial charge in [0.25, 0.3) is 0 Å². The van der Waals surface area contributed by atoms with Crippen molar-refractivity contribution in [2.75, 3.05) is 13.2 Å². The molecule has 4 heterocycles. The lowest BCUT2D eigenvalue weighted by molar-refractivity contribution is -0.141. The van der Waals surface area contributed by atoms with Gasteiger partial charge in [-0.25, -0.2) is 0 Å². The number of fused-ring (bicyclic) bond motifs is 2. The first-order valence-corrected chi connectivity index (χ1v) is 9.74. The Labute approximate surface area is 159 Å². The molecule has 1 fully saturated rings. The van der Waals surface area contributed by atoms with E-state index in [1.807, 2.05) is 19.4 Å². The summed E-state index contributed by atoms with van der Waals surface area (Å²) in [6, 6.07) is 1.32. The normalized spacial score (nSPS) is 29.3. The van der Waals surface area contributed by atoms with E-state index < -0.39 is 22.8 Å². The van der Waals surface area contributed by atoms with Crippen LogP contribution in [0.5, 0.6) is 0 Å². The number of aromatic nitrogens is 2. The minimum Gasteiger partial charge on any atom is -0.385 e. The molecule has 4 rings (SSSR count). The number of piperidine rings is 1. The standard InChI is InChI=1S/C18H22F3N3O2S/c1-11-6-17(3-4-24(11)9-12-7-22-23(2)8-12)13-5-15(18(19,20)21)27-16(13)14(25)10-26-17/h5,7-8,11,14,25H,3-4,6,9-10H2,1-2H3. The Kier molecular flexibility index (Phi) is 4.61. The van der Waals surface area contributed by atoms with Crippen molar-refractivity contribution in [1.29, 1.82) is 0 Å². The fraction of sp³-hybridized carbons (Fsp3) is 0.611. The zero-order chi connectivity index (χ0) is 19.4. The molecule has 2 aliphatic rings. The maximum atomic E-state index is 13.2. The highest BCUT2D eigenvalue weighted by atomic mass is 32.1. The summed E-state index contributed by atoms with van der Waals surface area (Å²) in [5.41, 5.74) is 0.877. The fourth-order valence-electron chi connectivity index (χ4n) is 4.19. The number of ether oxygens (including phenoxy) is 1. The molecule has 3 atom stereocenters. The Bertz CT molecular complexity index is 834. The van der Waals surface area contributed by atoms with E-state index in [1.54, 1.807) is 4.68 Å². The molecule has 0 aromatic carbocycles. The average Bonchev–Trinajstić information content (AvgIpc) is 3.21. The van der Waals surface area contributed by atoms with Crippen LogP contribution in [0.15, 0.2) is 18.5 Å². The van der Waals surface area contributed by atoms with Crippen LogP contribution in [-0.2, 0) is 30.1 Å². The van der Waals surface area contributed by atoms with Gasteiger partial charge in [0.05, 0.1) is 18.4 Å². The number of hydrogen-bond acceptors (Lipinski definition) is 5. The third-order valence-electron chi connectivity index (χ3n) is 5.55. The third kappa shape index (κ3) is 3.41. The van der Waals surface area contributed by atoms with E-state index in [0.717, 1.165) is 12.1 Å². The summed E-state index contributed by atoms with van der Waals surface area (Å²) in [6.07, 6.45) is -0.397. The second kappa shape index (κ2) is 6.58. The van der Waals surface area contributed by atoms with E-state index in [4.69, 9.17) is 4.74 Å². The van der Waals surface area contributed by atoms with Crippen LogP contribution in [0.25, 0.3) is 0 Å². The van der Waals surface area contributed by atoms with Crippen LogP contribution in [0.1, 0.15) is 46.8 Å². The molecule has 9 heteroatoms. The van der Waals surface area contributed by atoms with Crippen molar-refractivity contribution in [3.05, 3.63) is 39.3 Å². The van der Waals surface area contributed by atoms with Crippen LogP contribution in [-0.4, -0.2) is 39.0 Å². The lowest BCUT2D eigenvalue weighted by Gasteiger charge is -2.48. The Morgan fingerprint density at radius 1 is 1.44 bits per heavy atom. The Morgan fingerprint density at radius 3 is 2.85 bits per heavy atom. The maximum Gasteiger partial charge on any atom is 0.425 e. The van der Waals surface area contributed by atoms with Crippen LogP contribution >= 0.6 is 11.3 Å². The topological polar surface area (TPSA) is 50.5 Å². The van der Waals surface area contributed by atoms with Crippen molar-refractivity contribution in [2.45, 2.75) is 50.2 Å². The minimum absolute atomic E-state index is 0.0418. The largest absolute Gasteiger partial charge is 0.425 e. The predicted octanol–water partition coefficient (Wildman–Crippen LogP) is 3.44. The summed E-state index contributed by atoms with van der Waals surface area (Å²) >= 11 is 0.646. The van der Waals surface area contributed by atoms with Gasteiger partial charge in [0.2, 0.25) is 0 Å². The third-order valence-corrected chi connectivity index (χ3v) is 6.83. The highest BCUT2D eigenvalue weighted by molar-refractivity contribution is 7.12. The number of halogens is 3. The summed E-state index contributed by atoms with van der Waals surface area (Å²) in [7, 11) is 1.87. The van der Waals surface area contributed by atoms with Gasteiger partial charge in [0.1, 0.15) is 11.0 Å². The highest BCUT2D eigenvalue weighted by Crippen LogP contribution is 2.51. The molecule has 1 spiro atoms. The number of hydrogen-bond donors (Lipinski definition) is 1. The van der Waals surface area contributed by atoms with Gasteiger partial charge < -0.3 is 9.84 Å². The number of aryl methyl sites for hydroxylation is 1. The van der Waals surface area contributed by atoms with Gasteiger partial charge >= 0.3 is 6.18 Å². The van der Waals surface area contributed by atoms with Crippen LogP contribution in [0, 0.1) is 0 Å². The van der Waals surface area contributed by atoms with E-state index in [2.05, 4.69) is 16.9 Å². The van der Waals surface area contributed by atoms with Crippen LogP contribution < -0.4 is 0 Å². The molecule has 0 radical (unpaired) electrons. The molecular formula is C18H22F3N3O2S. The molecule has 2 aromatic heterocycles. The summed E-state index contributed by atoms with van der Waals surface area (Å²) in [5.74, 6) is 0. The number of rotatable bonds is 2. The number of aliphatic hydroxyl groups excluding tert-OH is 1. The average molecular weight is 401 g/mol. The Balaban J connectivity index is 1.58. The molecule has 0 bridgehead atoms. The molecule has 3 unspecified atom stereocenters.